The monoisotopic (exact) mass is 348 g/mol. The number of hydrogen-bond acceptors (Lipinski definition) is 4. The molecule has 2 rings (SSSR count). The fourth-order valence-corrected chi connectivity index (χ4v) is 3.03. The van der Waals surface area contributed by atoms with Crippen LogP contribution in [0.3, 0.4) is 0 Å². The number of amidine groups is 1. The predicted octanol–water partition coefficient (Wildman–Crippen LogP) is 0.952. The van der Waals surface area contributed by atoms with Crippen LogP contribution < -0.4 is 15.2 Å². The van der Waals surface area contributed by atoms with Crippen molar-refractivity contribution in [2.45, 2.75) is 18.9 Å². The van der Waals surface area contributed by atoms with Crippen LogP contribution in [0.4, 0.5) is 5.69 Å². The maximum absolute atomic E-state index is 11.8. The first-order valence-corrected chi connectivity index (χ1v) is 7.76. The van der Waals surface area contributed by atoms with E-state index in [2.05, 4.69) is 30.5 Å². The number of hydrogen-bond donors (Lipinski definition) is 4. The van der Waals surface area contributed by atoms with Gasteiger partial charge < -0.3 is 10.9 Å². The number of nitrogens with zero attached hydrogens (tertiary/aromatic N) is 1. The van der Waals surface area contributed by atoms with Gasteiger partial charge in [0.05, 0.1) is 5.69 Å². The summed E-state index contributed by atoms with van der Waals surface area (Å²) in [5.41, 5.74) is 6.05. The van der Waals surface area contributed by atoms with Crippen LogP contribution in [0, 0.1) is 0 Å². The van der Waals surface area contributed by atoms with Gasteiger partial charge in [-0.3, -0.25) is 4.72 Å². The van der Waals surface area contributed by atoms with Gasteiger partial charge in [-0.15, -0.1) is 0 Å². The van der Waals surface area contributed by atoms with E-state index in [1.54, 1.807) is 12.1 Å². The lowest BCUT2D eigenvalue weighted by atomic mass is 10.2. The van der Waals surface area contributed by atoms with E-state index in [0.29, 0.717) is 4.47 Å². The number of halogens is 1. The summed E-state index contributed by atoms with van der Waals surface area (Å²) in [4.78, 5) is 0. The van der Waals surface area contributed by atoms with Gasteiger partial charge in [0.1, 0.15) is 0 Å². The molecule has 0 bridgehead atoms. The Labute approximate surface area is 119 Å². The molecule has 1 fully saturated rings. The molecule has 104 valence electrons. The summed E-state index contributed by atoms with van der Waals surface area (Å²) in [6, 6.07) is 4.75. The van der Waals surface area contributed by atoms with Gasteiger partial charge in [0.2, 0.25) is 0 Å². The van der Waals surface area contributed by atoms with Crippen molar-refractivity contribution in [1.29, 1.82) is 0 Å². The smallest absolute Gasteiger partial charge is 0.299 e. The Morgan fingerprint density at radius 2 is 2.16 bits per heavy atom. The van der Waals surface area contributed by atoms with E-state index in [1.807, 2.05) is 0 Å². The van der Waals surface area contributed by atoms with Crippen molar-refractivity contribution in [2.75, 3.05) is 4.72 Å². The molecule has 0 aromatic heterocycles. The minimum absolute atomic E-state index is 0.000235. The van der Waals surface area contributed by atoms with E-state index in [4.69, 9.17) is 10.9 Å². The summed E-state index contributed by atoms with van der Waals surface area (Å²) in [6.45, 7) is 0. The molecule has 9 heteroatoms. The lowest BCUT2D eigenvalue weighted by Gasteiger charge is -2.12. The molecular formula is C10H13BrN4O3S. The standard InChI is InChI=1S/C10H13BrN4O3S/c11-6-1-4-9(8(5-6)10(12)13-16)15-19(17,18)14-7-2-3-7/h1,4-5,7,14-16H,2-3H2,(H2,12,13). The van der Waals surface area contributed by atoms with Gasteiger partial charge in [-0.1, -0.05) is 21.1 Å². The first kappa shape index (κ1) is 14.1. The van der Waals surface area contributed by atoms with Crippen molar-refractivity contribution in [3.05, 3.63) is 28.2 Å². The summed E-state index contributed by atoms with van der Waals surface area (Å²) in [7, 11) is -3.66. The van der Waals surface area contributed by atoms with Crippen molar-refractivity contribution in [1.82, 2.24) is 4.72 Å². The number of nitrogens with two attached hydrogens (primary N) is 1. The van der Waals surface area contributed by atoms with Crippen molar-refractivity contribution >= 4 is 37.7 Å². The van der Waals surface area contributed by atoms with Gasteiger partial charge >= 0.3 is 0 Å². The molecule has 5 N–H and O–H groups in total. The van der Waals surface area contributed by atoms with Gasteiger partial charge in [0.25, 0.3) is 10.2 Å². The van der Waals surface area contributed by atoms with Crippen LogP contribution in [-0.2, 0) is 10.2 Å². The van der Waals surface area contributed by atoms with Crippen LogP contribution in [0.25, 0.3) is 0 Å². The molecule has 1 aliphatic carbocycles. The van der Waals surface area contributed by atoms with Crippen LogP contribution in [-0.4, -0.2) is 25.5 Å². The molecule has 0 heterocycles. The topological polar surface area (TPSA) is 117 Å². The zero-order valence-electron chi connectivity index (χ0n) is 9.80. The highest BCUT2D eigenvalue weighted by Gasteiger charge is 2.27. The third-order valence-corrected chi connectivity index (χ3v) is 4.13. The van der Waals surface area contributed by atoms with E-state index in [1.165, 1.54) is 6.07 Å². The Kier molecular flexibility index (Phi) is 3.97. The molecule has 1 aliphatic rings. The van der Waals surface area contributed by atoms with Crippen molar-refractivity contribution in [3.8, 4) is 0 Å². The average molecular weight is 349 g/mol. The lowest BCUT2D eigenvalue weighted by Crippen LogP contribution is -2.32. The normalized spacial score (nSPS) is 16.4. The van der Waals surface area contributed by atoms with Crippen LogP contribution in [0.2, 0.25) is 0 Å². The van der Waals surface area contributed by atoms with Crippen LogP contribution in [0.1, 0.15) is 18.4 Å². The molecular weight excluding hydrogens is 336 g/mol. The maximum Gasteiger partial charge on any atom is 0.299 e. The summed E-state index contributed by atoms with van der Waals surface area (Å²) in [5.74, 6) is -0.176. The third kappa shape index (κ3) is 3.82. The highest BCUT2D eigenvalue weighted by atomic mass is 79.9. The molecule has 0 amide bonds. The van der Waals surface area contributed by atoms with Gasteiger partial charge in [-0.05, 0) is 31.0 Å². The van der Waals surface area contributed by atoms with Crippen molar-refractivity contribution in [3.63, 3.8) is 0 Å². The number of benzene rings is 1. The molecule has 1 aromatic rings. The molecule has 0 atom stereocenters. The highest BCUT2D eigenvalue weighted by molar-refractivity contribution is 9.10. The third-order valence-electron chi connectivity index (χ3n) is 2.51. The van der Waals surface area contributed by atoms with E-state index >= 15 is 0 Å². The first-order valence-electron chi connectivity index (χ1n) is 5.49. The van der Waals surface area contributed by atoms with E-state index in [9.17, 15) is 8.42 Å². The average Bonchev–Trinajstić information content (AvgIpc) is 3.13. The SMILES string of the molecule is N/C(=N/O)c1cc(Br)ccc1NS(=O)(=O)NC1CC1. The minimum atomic E-state index is -3.66. The summed E-state index contributed by atoms with van der Waals surface area (Å²) in [5, 5.41) is 11.6. The molecule has 0 saturated heterocycles. The predicted molar refractivity (Wildman–Crippen MR) is 75.4 cm³/mol. The van der Waals surface area contributed by atoms with Crippen molar-refractivity contribution in [2.24, 2.45) is 10.9 Å². The molecule has 0 aliphatic heterocycles. The minimum Gasteiger partial charge on any atom is -0.409 e. The quantitative estimate of drug-likeness (QED) is 0.274. The molecule has 0 spiro atoms. The molecule has 1 saturated carbocycles. The van der Waals surface area contributed by atoms with Gasteiger partial charge in [0.15, 0.2) is 5.84 Å². The Balaban J connectivity index is 2.28. The molecule has 7 nitrogen and oxygen atoms in total. The zero-order chi connectivity index (χ0) is 14.0. The second kappa shape index (κ2) is 5.35. The van der Waals surface area contributed by atoms with Gasteiger partial charge in [-0.25, -0.2) is 0 Å². The highest BCUT2D eigenvalue weighted by Crippen LogP contribution is 2.23. The van der Waals surface area contributed by atoms with Gasteiger partial charge in [-0.2, -0.15) is 13.1 Å². The lowest BCUT2D eigenvalue weighted by molar-refractivity contribution is 0.318. The number of nitrogens with one attached hydrogen (secondary N) is 2. The number of rotatable bonds is 5. The molecule has 1 aromatic carbocycles. The number of oxime groups is 1. The Hall–Kier alpha value is -1.32. The van der Waals surface area contributed by atoms with E-state index in [0.717, 1.165) is 12.8 Å². The number of anilines is 1. The van der Waals surface area contributed by atoms with Crippen LogP contribution in [0.5, 0.6) is 0 Å². The molecule has 19 heavy (non-hydrogen) atoms. The molecule has 0 radical (unpaired) electrons. The first-order chi connectivity index (χ1) is 8.91. The fraction of sp³-hybridized carbons (Fsp3) is 0.300. The van der Waals surface area contributed by atoms with E-state index in [-0.39, 0.29) is 23.1 Å². The largest absolute Gasteiger partial charge is 0.409 e. The summed E-state index contributed by atoms with van der Waals surface area (Å²) >= 11 is 3.24. The second-order valence-electron chi connectivity index (χ2n) is 4.17. The van der Waals surface area contributed by atoms with Gasteiger partial charge in [0, 0.05) is 16.1 Å². The Morgan fingerprint density at radius 1 is 1.47 bits per heavy atom. The fourth-order valence-electron chi connectivity index (χ4n) is 1.47. The maximum atomic E-state index is 11.8. The van der Waals surface area contributed by atoms with Crippen molar-refractivity contribution < 1.29 is 13.6 Å². The van der Waals surface area contributed by atoms with Crippen LogP contribution in [0.15, 0.2) is 27.8 Å². The molecule has 0 unspecified atom stereocenters. The zero-order valence-corrected chi connectivity index (χ0v) is 12.2. The summed E-state index contributed by atoms with van der Waals surface area (Å²) < 4.78 is 29.2. The van der Waals surface area contributed by atoms with E-state index < -0.39 is 10.2 Å². The Morgan fingerprint density at radius 3 is 2.74 bits per heavy atom. The summed E-state index contributed by atoms with van der Waals surface area (Å²) in [6.07, 6.45) is 1.68. The Bertz CT molecular complexity index is 613. The second-order valence-corrected chi connectivity index (χ2v) is 6.54. The van der Waals surface area contributed by atoms with Crippen LogP contribution >= 0.6 is 15.9 Å².